The van der Waals surface area contributed by atoms with E-state index in [9.17, 15) is 4.79 Å². The van der Waals surface area contributed by atoms with E-state index in [1.807, 2.05) is 50.2 Å². The third-order valence-corrected chi connectivity index (χ3v) is 4.25. The van der Waals surface area contributed by atoms with E-state index in [0.29, 0.717) is 18.0 Å². The molecule has 0 fully saturated rings. The highest BCUT2D eigenvalue weighted by Crippen LogP contribution is 2.31. The largest absolute Gasteiger partial charge is 0.493 e. The minimum atomic E-state index is -0.0252. The fraction of sp³-hybridized carbons (Fsp3) is 0.381. The predicted octanol–water partition coefficient (Wildman–Crippen LogP) is 3.80. The van der Waals surface area contributed by atoms with Gasteiger partial charge >= 0.3 is 0 Å². The number of ether oxygens (including phenoxy) is 2. The van der Waals surface area contributed by atoms with Gasteiger partial charge in [-0.05, 0) is 29.7 Å². The molecule has 0 aliphatic heterocycles. The SMILES string of the molecule is COc1ccc([C@@H](CNC(=O)C(C)C)Cc2ccccc2)cc1OC. The molecular weight excluding hydrogens is 314 g/mol. The van der Waals surface area contributed by atoms with Gasteiger partial charge in [-0.1, -0.05) is 50.2 Å². The second kappa shape index (κ2) is 9.11. The lowest BCUT2D eigenvalue weighted by atomic mass is 9.91. The van der Waals surface area contributed by atoms with Crippen LogP contribution in [0.3, 0.4) is 0 Å². The van der Waals surface area contributed by atoms with Crippen LogP contribution in [0.25, 0.3) is 0 Å². The first kappa shape index (κ1) is 18.8. The summed E-state index contributed by atoms with van der Waals surface area (Å²) in [5.41, 5.74) is 2.35. The summed E-state index contributed by atoms with van der Waals surface area (Å²) in [6.45, 7) is 4.39. The molecule has 0 spiro atoms. The molecule has 4 heteroatoms. The lowest BCUT2D eigenvalue weighted by Crippen LogP contribution is -2.32. The highest BCUT2D eigenvalue weighted by Gasteiger charge is 2.17. The number of benzene rings is 2. The zero-order chi connectivity index (χ0) is 18.2. The van der Waals surface area contributed by atoms with Crippen molar-refractivity contribution in [1.29, 1.82) is 0 Å². The number of hydrogen-bond acceptors (Lipinski definition) is 3. The molecule has 0 aliphatic rings. The molecule has 0 aliphatic carbocycles. The Morgan fingerprint density at radius 1 is 1.00 bits per heavy atom. The van der Waals surface area contributed by atoms with Gasteiger partial charge in [-0.15, -0.1) is 0 Å². The van der Waals surface area contributed by atoms with E-state index in [4.69, 9.17) is 9.47 Å². The van der Waals surface area contributed by atoms with Gasteiger partial charge in [0, 0.05) is 18.4 Å². The predicted molar refractivity (Wildman–Crippen MR) is 100 cm³/mol. The number of hydrogen-bond donors (Lipinski definition) is 1. The van der Waals surface area contributed by atoms with Crippen LogP contribution in [0.4, 0.5) is 0 Å². The molecule has 0 aromatic heterocycles. The zero-order valence-corrected chi connectivity index (χ0v) is 15.4. The van der Waals surface area contributed by atoms with Crippen molar-refractivity contribution in [3.63, 3.8) is 0 Å². The molecule has 1 N–H and O–H groups in total. The lowest BCUT2D eigenvalue weighted by molar-refractivity contribution is -0.124. The van der Waals surface area contributed by atoms with E-state index in [1.54, 1.807) is 14.2 Å². The normalized spacial score (nSPS) is 11.9. The van der Waals surface area contributed by atoms with Crippen LogP contribution in [0.15, 0.2) is 48.5 Å². The van der Waals surface area contributed by atoms with Crippen molar-refractivity contribution < 1.29 is 14.3 Å². The summed E-state index contributed by atoms with van der Waals surface area (Å²) in [6, 6.07) is 16.2. The van der Waals surface area contributed by atoms with Gasteiger partial charge in [0.05, 0.1) is 14.2 Å². The Morgan fingerprint density at radius 2 is 1.68 bits per heavy atom. The van der Waals surface area contributed by atoms with Gasteiger partial charge in [0.2, 0.25) is 5.91 Å². The Morgan fingerprint density at radius 3 is 2.28 bits per heavy atom. The molecule has 0 saturated carbocycles. The second-order valence-electron chi connectivity index (χ2n) is 6.40. The molecule has 1 atom stereocenters. The van der Waals surface area contributed by atoms with Crippen LogP contribution in [-0.2, 0) is 11.2 Å². The summed E-state index contributed by atoms with van der Waals surface area (Å²) in [4.78, 5) is 12.0. The smallest absolute Gasteiger partial charge is 0.222 e. The fourth-order valence-corrected chi connectivity index (χ4v) is 2.74. The van der Waals surface area contributed by atoms with Crippen molar-refractivity contribution in [3.8, 4) is 11.5 Å². The first-order valence-corrected chi connectivity index (χ1v) is 8.58. The van der Waals surface area contributed by atoms with Crippen LogP contribution in [0.5, 0.6) is 11.5 Å². The van der Waals surface area contributed by atoms with Crippen LogP contribution in [0, 0.1) is 5.92 Å². The molecule has 2 aromatic rings. The van der Waals surface area contributed by atoms with Gasteiger partial charge in [0.25, 0.3) is 0 Å². The zero-order valence-electron chi connectivity index (χ0n) is 15.4. The van der Waals surface area contributed by atoms with Crippen molar-refractivity contribution in [2.45, 2.75) is 26.2 Å². The Balaban J connectivity index is 2.25. The van der Waals surface area contributed by atoms with E-state index in [1.165, 1.54) is 5.56 Å². The maximum Gasteiger partial charge on any atom is 0.222 e. The quantitative estimate of drug-likeness (QED) is 0.794. The molecule has 1 amide bonds. The Kier molecular flexibility index (Phi) is 6.87. The maximum atomic E-state index is 12.0. The van der Waals surface area contributed by atoms with Crippen LogP contribution in [0.1, 0.15) is 30.9 Å². The minimum absolute atomic E-state index is 0.0252. The molecule has 4 nitrogen and oxygen atoms in total. The Hall–Kier alpha value is -2.49. The van der Waals surface area contributed by atoms with Gasteiger partial charge in [-0.2, -0.15) is 0 Å². The monoisotopic (exact) mass is 341 g/mol. The van der Waals surface area contributed by atoms with E-state index >= 15 is 0 Å². The molecule has 0 unspecified atom stereocenters. The summed E-state index contributed by atoms with van der Waals surface area (Å²) >= 11 is 0. The number of amides is 1. The van der Waals surface area contributed by atoms with E-state index in [2.05, 4.69) is 17.4 Å². The molecule has 0 bridgehead atoms. The maximum absolute atomic E-state index is 12.0. The number of carbonyl (C=O) groups excluding carboxylic acids is 1. The minimum Gasteiger partial charge on any atom is -0.493 e. The van der Waals surface area contributed by atoms with E-state index < -0.39 is 0 Å². The summed E-state index contributed by atoms with van der Waals surface area (Å²) in [6.07, 6.45) is 0.842. The summed E-state index contributed by atoms with van der Waals surface area (Å²) in [7, 11) is 3.26. The average Bonchev–Trinajstić information content (AvgIpc) is 2.64. The molecule has 0 radical (unpaired) electrons. The van der Waals surface area contributed by atoms with Gasteiger partial charge in [0.15, 0.2) is 11.5 Å². The van der Waals surface area contributed by atoms with E-state index in [0.717, 1.165) is 12.0 Å². The highest BCUT2D eigenvalue weighted by molar-refractivity contribution is 5.77. The molecule has 2 aromatic carbocycles. The Labute approximate surface area is 150 Å². The van der Waals surface area contributed by atoms with Crippen LogP contribution in [-0.4, -0.2) is 26.7 Å². The first-order valence-electron chi connectivity index (χ1n) is 8.58. The van der Waals surface area contributed by atoms with Crippen molar-refractivity contribution in [1.82, 2.24) is 5.32 Å². The van der Waals surface area contributed by atoms with Crippen molar-refractivity contribution in [2.75, 3.05) is 20.8 Å². The van der Waals surface area contributed by atoms with Gasteiger partial charge < -0.3 is 14.8 Å². The number of rotatable bonds is 8. The third kappa shape index (κ3) is 5.24. The fourth-order valence-electron chi connectivity index (χ4n) is 2.74. The van der Waals surface area contributed by atoms with Gasteiger partial charge in [0.1, 0.15) is 0 Å². The topological polar surface area (TPSA) is 47.6 Å². The lowest BCUT2D eigenvalue weighted by Gasteiger charge is -2.20. The summed E-state index contributed by atoms with van der Waals surface area (Å²) < 4.78 is 10.8. The molecule has 0 saturated heterocycles. The van der Waals surface area contributed by atoms with Crippen molar-refractivity contribution >= 4 is 5.91 Å². The summed E-state index contributed by atoms with van der Waals surface area (Å²) in [5, 5.41) is 3.06. The van der Waals surface area contributed by atoms with Gasteiger partial charge in [-0.25, -0.2) is 0 Å². The molecule has 2 rings (SSSR count). The average molecular weight is 341 g/mol. The van der Waals surface area contributed by atoms with Crippen LogP contribution < -0.4 is 14.8 Å². The van der Waals surface area contributed by atoms with Crippen LogP contribution in [0.2, 0.25) is 0 Å². The summed E-state index contributed by atoms with van der Waals surface area (Å²) in [5.74, 6) is 1.61. The second-order valence-corrected chi connectivity index (χ2v) is 6.40. The molecule has 0 heterocycles. The molecule has 25 heavy (non-hydrogen) atoms. The molecule has 134 valence electrons. The third-order valence-electron chi connectivity index (χ3n) is 4.25. The van der Waals surface area contributed by atoms with Crippen molar-refractivity contribution in [3.05, 3.63) is 59.7 Å². The Bertz CT molecular complexity index is 683. The molecular formula is C21H27NO3. The van der Waals surface area contributed by atoms with Gasteiger partial charge in [-0.3, -0.25) is 4.79 Å². The number of methoxy groups -OCH3 is 2. The van der Waals surface area contributed by atoms with Crippen LogP contribution >= 0.6 is 0 Å². The first-order chi connectivity index (χ1) is 12.0. The standard InChI is InChI=1S/C21H27NO3/c1-15(2)21(23)22-14-18(12-16-8-6-5-7-9-16)17-10-11-19(24-3)20(13-17)25-4/h5-11,13,15,18H,12,14H2,1-4H3,(H,22,23)/t18-/m1/s1. The van der Waals surface area contributed by atoms with Crippen molar-refractivity contribution in [2.24, 2.45) is 5.92 Å². The number of carbonyl (C=O) groups is 1. The van der Waals surface area contributed by atoms with E-state index in [-0.39, 0.29) is 17.7 Å². The number of nitrogens with one attached hydrogen (secondary N) is 1. The highest BCUT2D eigenvalue weighted by atomic mass is 16.5.